The van der Waals surface area contributed by atoms with Crippen LogP contribution in [0.25, 0.3) is 0 Å². The lowest BCUT2D eigenvalue weighted by atomic mass is 9.64. The maximum absolute atomic E-state index is 13.6. The average Bonchev–Trinajstić information content (AvgIpc) is 2.79. The van der Waals surface area contributed by atoms with E-state index in [4.69, 9.17) is 4.74 Å². The largest absolute Gasteiger partial charge is 0.489 e. The highest BCUT2D eigenvalue weighted by Crippen LogP contribution is 2.54. The minimum atomic E-state index is -0.382. The third-order valence-electron chi connectivity index (χ3n) is 7.69. The minimum absolute atomic E-state index is 0.124. The first-order valence-corrected chi connectivity index (χ1v) is 12.7. The molecule has 0 amide bonds. The SMILES string of the molecule is CN1C2=C(C(=O)CC(C)(C)C2)C(c2cccc(OCc3ccc(F)cc3)c2)C2=C1CC(C)(C)CC2=O. The zero-order chi connectivity index (χ0) is 25.8. The Morgan fingerprint density at radius 1 is 0.861 bits per heavy atom. The number of halogens is 1. The third-order valence-corrected chi connectivity index (χ3v) is 7.69. The first-order valence-electron chi connectivity index (χ1n) is 12.7. The number of rotatable bonds is 4. The quantitative estimate of drug-likeness (QED) is 0.480. The molecular weight excluding hydrogens is 453 g/mol. The molecule has 36 heavy (non-hydrogen) atoms. The molecule has 2 aliphatic carbocycles. The van der Waals surface area contributed by atoms with Crippen LogP contribution in [0.4, 0.5) is 4.39 Å². The normalized spacial score (nSPS) is 21.4. The molecule has 0 radical (unpaired) electrons. The van der Waals surface area contributed by atoms with Crippen LogP contribution in [0.2, 0.25) is 0 Å². The molecule has 0 atom stereocenters. The van der Waals surface area contributed by atoms with Gasteiger partial charge in [0.2, 0.25) is 0 Å². The first-order chi connectivity index (χ1) is 16.9. The Labute approximate surface area is 212 Å². The molecule has 0 bridgehead atoms. The van der Waals surface area contributed by atoms with Crippen molar-refractivity contribution in [1.29, 1.82) is 0 Å². The highest BCUT2D eigenvalue weighted by Gasteiger charge is 2.48. The molecule has 0 N–H and O–H groups in total. The lowest BCUT2D eigenvalue weighted by Gasteiger charge is -2.47. The van der Waals surface area contributed by atoms with Gasteiger partial charge in [0.15, 0.2) is 11.6 Å². The summed E-state index contributed by atoms with van der Waals surface area (Å²) in [7, 11) is 2.02. The van der Waals surface area contributed by atoms with E-state index in [1.807, 2.05) is 31.3 Å². The molecule has 0 aromatic heterocycles. The van der Waals surface area contributed by atoms with E-state index in [-0.39, 0.29) is 34.1 Å². The van der Waals surface area contributed by atoms with Crippen molar-refractivity contribution in [3.8, 4) is 5.75 Å². The molecule has 5 rings (SSSR count). The van der Waals surface area contributed by atoms with Crippen molar-refractivity contribution in [3.63, 3.8) is 0 Å². The summed E-state index contributed by atoms with van der Waals surface area (Å²) in [4.78, 5) is 29.4. The number of ketones is 2. The molecule has 5 heteroatoms. The molecule has 1 aliphatic heterocycles. The van der Waals surface area contributed by atoms with Gasteiger partial charge in [0.05, 0.1) is 0 Å². The summed E-state index contributed by atoms with van der Waals surface area (Å²) in [6, 6.07) is 14.0. The van der Waals surface area contributed by atoms with Gasteiger partial charge in [-0.1, -0.05) is 52.0 Å². The maximum Gasteiger partial charge on any atom is 0.162 e. The molecule has 0 unspecified atom stereocenters. The Balaban J connectivity index is 1.57. The molecule has 188 valence electrons. The third kappa shape index (κ3) is 4.52. The van der Waals surface area contributed by atoms with E-state index in [0.29, 0.717) is 25.2 Å². The van der Waals surface area contributed by atoms with Gasteiger partial charge in [0, 0.05) is 48.3 Å². The van der Waals surface area contributed by atoms with Crippen LogP contribution in [0.3, 0.4) is 0 Å². The van der Waals surface area contributed by atoms with E-state index in [1.165, 1.54) is 12.1 Å². The van der Waals surface area contributed by atoms with Gasteiger partial charge in [0.1, 0.15) is 18.2 Å². The number of ether oxygens (including phenoxy) is 1. The summed E-state index contributed by atoms with van der Waals surface area (Å²) in [5, 5.41) is 0. The van der Waals surface area contributed by atoms with E-state index >= 15 is 0 Å². The number of nitrogens with zero attached hydrogens (tertiary/aromatic N) is 1. The van der Waals surface area contributed by atoms with Crippen LogP contribution in [0.1, 0.15) is 70.4 Å². The molecule has 2 aromatic carbocycles. The van der Waals surface area contributed by atoms with Crippen molar-refractivity contribution in [2.24, 2.45) is 10.8 Å². The minimum Gasteiger partial charge on any atom is -0.489 e. The van der Waals surface area contributed by atoms with Crippen molar-refractivity contribution in [1.82, 2.24) is 4.90 Å². The van der Waals surface area contributed by atoms with E-state index in [9.17, 15) is 14.0 Å². The van der Waals surface area contributed by atoms with Gasteiger partial charge in [-0.2, -0.15) is 0 Å². The second kappa shape index (κ2) is 8.72. The van der Waals surface area contributed by atoms with Crippen molar-refractivity contribution >= 4 is 11.6 Å². The first kappa shape index (κ1) is 24.5. The van der Waals surface area contributed by atoms with Gasteiger partial charge in [-0.05, 0) is 59.1 Å². The smallest absolute Gasteiger partial charge is 0.162 e. The van der Waals surface area contributed by atoms with E-state index in [0.717, 1.165) is 46.5 Å². The van der Waals surface area contributed by atoms with Gasteiger partial charge >= 0.3 is 0 Å². The maximum atomic E-state index is 13.6. The Morgan fingerprint density at radius 2 is 1.42 bits per heavy atom. The summed E-state index contributed by atoms with van der Waals surface area (Å²) in [6.45, 7) is 8.87. The van der Waals surface area contributed by atoms with E-state index in [1.54, 1.807) is 12.1 Å². The molecular formula is C31H34FNO3. The van der Waals surface area contributed by atoms with Crippen molar-refractivity contribution in [2.75, 3.05) is 7.05 Å². The molecule has 0 saturated carbocycles. The van der Waals surface area contributed by atoms with Crippen LogP contribution in [0, 0.1) is 16.6 Å². The number of hydrogen-bond acceptors (Lipinski definition) is 4. The van der Waals surface area contributed by atoms with Gasteiger partial charge < -0.3 is 9.64 Å². The second-order valence-electron chi connectivity index (χ2n) is 12.1. The second-order valence-corrected chi connectivity index (χ2v) is 12.1. The molecule has 0 spiro atoms. The van der Waals surface area contributed by atoms with Gasteiger partial charge in [-0.25, -0.2) is 4.39 Å². The fraction of sp³-hybridized carbons (Fsp3) is 0.419. The number of Topliss-reactive ketones (excluding diaryl/α,β-unsaturated/α-hetero) is 2. The standard InChI is InChI=1S/C31H34FNO3/c1-30(2)14-23-28(25(34)16-30)27(29-24(33(23)5)15-31(3,4)17-26(29)35)20-7-6-8-22(13-20)36-18-19-9-11-21(32)12-10-19/h6-13,27H,14-18H2,1-5H3. The number of benzene rings is 2. The summed E-state index contributed by atoms with van der Waals surface area (Å²) in [6.07, 6.45) is 2.54. The van der Waals surface area contributed by atoms with Crippen molar-refractivity contribution in [2.45, 2.75) is 65.9 Å². The topological polar surface area (TPSA) is 46.6 Å². The molecule has 2 aromatic rings. The fourth-order valence-electron chi connectivity index (χ4n) is 6.03. The van der Waals surface area contributed by atoms with E-state index in [2.05, 4.69) is 32.6 Å². The molecule has 3 aliphatic rings. The van der Waals surface area contributed by atoms with Crippen molar-refractivity contribution in [3.05, 3.63) is 88.0 Å². The monoisotopic (exact) mass is 487 g/mol. The molecule has 0 fully saturated rings. The zero-order valence-corrected chi connectivity index (χ0v) is 21.8. The molecule has 0 saturated heterocycles. The number of carbonyl (C=O) groups excluding carboxylic acids is 2. The van der Waals surface area contributed by atoms with Gasteiger partial charge in [-0.3, -0.25) is 9.59 Å². The Hall–Kier alpha value is -3.21. The fourth-order valence-corrected chi connectivity index (χ4v) is 6.03. The Bertz CT molecular complexity index is 1250. The summed E-state index contributed by atoms with van der Waals surface area (Å²) in [5.41, 5.74) is 5.14. The lowest BCUT2D eigenvalue weighted by Crippen LogP contribution is -2.43. The van der Waals surface area contributed by atoms with Crippen LogP contribution in [0.5, 0.6) is 5.75 Å². The van der Waals surface area contributed by atoms with Crippen LogP contribution in [-0.4, -0.2) is 23.5 Å². The predicted molar refractivity (Wildman–Crippen MR) is 138 cm³/mol. The highest BCUT2D eigenvalue weighted by molar-refractivity contribution is 6.06. The molecule has 4 nitrogen and oxygen atoms in total. The Kier molecular flexibility index (Phi) is 5.93. The van der Waals surface area contributed by atoms with Crippen LogP contribution in [0.15, 0.2) is 71.1 Å². The van der Waals surface area contributed by atoms with Gasteiger partial charge in [-0.15, -0.1) is 0 Å². The van der Waals surface area contributed by atoms with Gasteiger partial charge in [0.25, 0.3) is 0 Å². The Morgan fingerprint density at radius 3 is 1.97 bits per heavy atom. The van der Waals surface area contributed by atoms with Crippen molar-refractivity contribution < 1.29 is 18.7 Å². The average molecular weight is 488 g/mol. The number of hydrogen-bond donors (Lipinski definition) is 0. The van der Waals surface area contributed by atoms with Crippen LogP contribution in [-0.2, 0) is 16.2 Å². The number of carbonyl (C=O) groups is 2. The molecule has 1 heterocycles. The summed E-state index contributed by atoms with van der Waals surface area (Å²) in [5.74, 6) is 0.247. The predicted octanol–water partition coefficient (Wildman–Crippen LogP) is 6.72. The van der Waals surface area contributed by atoms with Crippen LogP contribution < -0.4 is 4.74 Å². The highest BCUT2D eigenvalue weighted by atomic mass is 19.1. The zero-order valence-electron chi connectivity index (χ0n) is 21.8. The summed E-state index contributed by atoms with van der Waals surface area (Å²) < 4.78 is 19.3. The van der Waals surface area contributed by atoms with Crippen LogP contribution >= 0.6 is 0 Å². The number of allylic oxidation sites excluding steroid dienone is 4. The summed E-state index contributed by atoms with van der Waals surface area (Å²) >= 11 is 0. The van der Waals surface area contributed by atoms with E-state index < -0.39 is 0 Å². The lowest BCUT2D eigenvalue weighted by molar-refractivity contribution is -0.119.